The molecule has 28 heavy (non-hydrogen) atoms. The van der Waals surface area contributed by atoms with Crippen LogP contribution in [0.15, 0.2) is 62.8 Å². The summed E-state index contributed by atoms with van der Waals surface area (Å²) in [6.07, 6.45) is 1.29. The Morgan fingerprint density at radius 1 is 1.11 bits per heavy atom. The molecule has 9 heteroatoms. The summed E-state index contributed by atoms with van der Waals surface area (Å²) in [7, 11) is 1.92. The van der Waals surface area contributed by atoms with E-state index < -0.39 is 0 Å². The van der Waals surface area contributed by atoms with E-state index in [4.69, 9.17) is 18.4 Å². The van der Waals surface area contributed by atoms with Gasteiger partial charge in [0, 0.05) is 18.9 Å². The number of benzene rings is 1. The Morgan fingerprint density at radius 2 is 2.00 bits per heavy atom. The molecule has 0 radical (unpaired) electrons. The molecule has 5 rings (SSSR count). The Kier molecular flexibility index (Phi) is 4.28. The minimum atomic E-state index is -0.306. The van der Waals surface area contributed by atoms with E-state index in [1.807, 2.05) is 54.1 Å². The van der Waals surface area contributed by atoms with E-state index in [0.717, 1.165) is 16.6 Å². The maximum atomic E-state index is 6.02. The normalized spacial score (nSPS) is 15.7. The first kappa shape index (κ1) is 16.9. The van der Waals surface area contributed by atoms with Crippen molar-refractivity contribution in [2.75, 3.05) is 6.61 Å². The zero-order valence-electron chi connectivity index (χ0n) is 14.9. The fourth-order valence-electron chi connectivity index (χ4n) is 2.93. The molecule has 4 aromatic rings. The van der Waals surface area contributed by atoms with Crippen molar-refractivity contribution in [2.24, 2.45) is 7.05 Å². The first-order chi connectivity index (χ1) is 13.8. The topological polar surface area (TPSA) is 88.3 Å². The van der Waals surface area contributed by atoms with Gasteiger partial charge in [0.15, 0.2) is 34.3 Å². The van der Waals surface area contributed by atoms with Crippen molar-refractivity contribution in [3.05, 3.63) is 60.2 Å². The highest BCUT2D eigenvalue weighted by molar-refractivity contribution is 7.98. The molecule has 0 N–H and O–H groups in total. The van der Waals surface area contributed by atoms with Gasteiger partial charge in [-0.15, -0.1) is 10.2 Å². The van der Waals surface area contributed by atoms with Crippen LogP contribution in [-0.4, -0.2) is 26.5 Å². The lowest BCUT2D eigenvalue weighted by atomic mass is 10.2. The van der Waals surface area contributed by atoms with Crippen molar-refractivity contribution in [1.82, 2.24) is 19.9 Å². The molecule has 1 aliphatic rings. The second-order valence-corrected chi connectivity index (χ2v) is 7.15. The summed E-state index contributed by atoms with van der Waals surface area (Å²) < 4.78 is 24.4. The number of hydrogen-bond donors (Lipinski definition) is 0. The highest BCUT2D eigenvalue weighted by atomic mass is 32.2. The molecule has 1 atom stereocenters. The molecule has 142 valence electrons. The van der Waals surface area contributed by atoms with Gasteiger partial charge in [0.1, 0.15) is 6.61 Å². The van der Waals surface area contributed by atoms with E-state index in [9.17, 15) is 0 Å². The Morgan fingerprint density at radius 3 is 2.86 bits per heavy atom. The summed E-state index contributed by atoms with van der Waals surface area (Å²) in [5.41, 5.74) is 0.798. The number of furan rings is 1. The van der Waals surface area contributed by atoms with Crippen molar-refractivity contribution in [3.8, 4) is 23.0 Å². The fourth-order valence-corrected chi connectivity index (χ4v) is 3.73. The summed E-state index contributed by atoms with van der Waals surface area (Å²) in [6, 6.07) is 13.1. The molecule has 0 bridgehead atoms. The van der Waals surface area contributed by atoms with Gasteiger partial charge in [0.05, 0.1) is 12.0 Å². The van der Waals surface area contributed by atoms with Crippen LogP contribution in [-0.2, 0) is 12.8 Å². The first-order valence-electron chi connectivity index (χ1n) is 8.68. The lowest BCUT2D eigenvalue weighted by molar-refractivity contribution is 0.0825. The van der Waals surface area contributed by atoms with Gasteiger partial charge in [-0.3, -0.25) is 0 Å². The van der Waals surface area contributed by atoms with Gasteiger partial charge in [0.25, 0.3) is 0 Å². The van der Waals surface area contributed by atoms with E-state index >= 15 is 0 Å². The molecule has 0 aliphatic carbocycles. The molecule has 1 aliphatic heterocycles. The lowest BCUT2D eigenvalue weighted by Crippen LogP contribution is -2.24. The molecular formula is C19H16N4O4S. The SMILES string of the molecule is Cn1c(SCc2cc(-c3ccco3)on2)nnc1C1COc2ccccc2O1. The summed E-state index contributed by atoms with van der Waals surface area (Å²) in [5.74, 6) is 4.03. The first-order valence-corrected chi connectivity index (χ1v) is 9.66. The maximum absolute atomic E-state index is 6.02. The van der Waals surface area contributed by atoms with Gasteiger partial charge in [-0.1, -0.05) is 29.1 Å². The number of aromatic nitrogens is 4. The number of rotatable bonds is 5. The van der Waals surface area contributed by atoms with Gasteiger partial charge in [-0.05, 0) is 24.3 Å². The summed E-state index contributed by atoms with van der Waals surface area (Å²) >= 11 is 1.52. The predicted octanol–water partition coefficient (Wildman–Crippen LogP) is 3.87. The Hall–Kier alpha value is -3.20. The Bertz CT molecular complexity index is 1090. The van der Waals surface area contributed by atoms with Crippen LogP contribution < -0.4 is 9.47 Å². The van der Waals surface area contributed by atoms with Gasteiger partial charge >= 0.3 is 0 Å². The van der Waals surface area contributed by atoms with Crippen molar-refractivity contribution >= 4 is 11.8 Å². The van der Waals surface area contributed by atoms with Crippen LogP contribution in [0.25, 0.3) is 11.5 Å². The molecule has 8 nitrogen and oxygen atoms in total. The van der Waals surface area contributed by atoms with E-state index in [1.54, 1.807) is 6.26 Å². The molecule has 1 aromatic carbocycles. The van der Waals surface area contributed by atoms with E-state index in [2.05, 4.69) is 15.4 Å². The molecule has 0 spiro atoms. The quantitative estimate of drug-likeness (QED) is 0.470. The Balaban J connectivity index is 1.27. The van der Waals surface area contributed by atoms with Crippen LogP contribution in [0.2, 0.25) is 0 Å². The number of hydrogen-bond acceptors (Lipinski definition) is 8. The third-order valence-corrected chi connectivity index (χ3v) is 5.39. The molecule has 0 fully saturated rings. The molecule has 3 aromatic heterocycles. The van der Waals surface area contributed by atoms with E-state index in [1.165, 1.54) is 11.8 Å². The van der Waals surface area contributed by atoms with E-state index in [0.29, 0.717) is 35.5 Å². The molecule has 0 amide bonds. The third kappa shape index (κ3) is 3.13. The summed E-state index contributed by atoms with van der Waals surface area (Å²) in [5, 5.41) is 13.4. The van der Waals surface area contributed by atoms with Crippen LogP contribution in [0.4, 0.5) is 0 Å². The van der Waals surface area contributed by atoms with Crippen LogP contribution >= 0.6 is 11.8 Å². The zero-order chi connectivity index (χ0) is 18.9. The van der Waals surface area contributed by atoms with Crippen LogP contribution in [0.5, 0.6) is 11.5 Å². The van der Waals surface area contributed by atoms with Crippen molar-refractivity contribution in [3.63, 3.8) is 0 Å². The van der Waals surface area contributed by atoms with Gasteiger partial charge < -0.3 is 23.0 Å². The largest absolute Gasteiger partial charge is 0.485 e. The monoisotopic (exact) mass is 396 g/mol. The molecule has 0 saturated carbocycles. The smallest absolute Gasteiger partial charge is 0.202 e. The Labute approximate surface area is 164 Å². The molecular weight excluding hydrogens is 380 g/mol. The summed E-state index contributed by atoms with van der Waals surface area (Å²) in [6.45, 7) is 0.392. The molecule has 4 heterocycles. The van der Waals surface area contributed by atoms with Gasteiger partial charge in [-0.2, -0.15) is 0 Å². The maximum Gasteiger partial charge on any atom is 0.202 e. The fraction of sp³-hybridized carbons (Fsp3) is 0.211. The van der Waals surface area contributed by atoms with Gasteiger partial charge in [0.2, 0.25) is 5.76 Å². The second kappa shape index (κ2) is 7.08. The van der Waals surface area contributed by atoms with Crippen molar-refractivity contribution in [1.29, 1.82) is 0 Å². The lowest BCUT2D eigenvalue weighted by Gasteiger charge is -2.25. The second-order valence-electron chi connectivity index (χ2n) is 6.21. The van der Waals surface area contributed by atoms with E-state index in [-0.39, 0.29) is 6.10 Å². The van der Waals surface area contributed by atoms with Crippen LogP contribution in [0, 0.1) is 0 Å². The highest BCUT2D eigenvalue weighted by Gasteiger charge is 2.27. The number of fused-ring (bicyclic) bond motifs is 1. The average Bonchev–Trinajstić information content (AvgIpc) is 3.47. The summed E-state index contributed by atoms with van der Waals surface area (Å²) in [4.78, 5) is 0. The average molecular weight is 396 g/mol. The standard InChI is InChI=1S/C19H16N4O4S/c1-23-18(17-10-25-13-5-2-3-6-15(13)26-17)20-21-19(23)28-11-12-9-16(27-22-12)14-7-4-8-24-14/h2-9,17H,10-11H2,1H3. The number of para-hydroxylation sites is 2. The number of nitrogens with zero attached hydrogens (tertiary/aromatic N) is 4. The molecule has 1 unspecified atom stereocenters. The minimum absolute atomic E-state index is 0.306. The van der Waals surface area contributed by atoms with Crippen molar-refractivity contribution < 1.29 is 18.4 Å². The zero-order valence-corrected chi connectivity index (χ0v) is 15.8. The highest BCUT2D eigenvalue weighted by Crippen LogP contribution is 2.36. The van der Waals surface area contributed by atoms with Crippen LogP contribution in [0.1, 0.15) is 17.6 Å². The minimum Gasteiger partial charge on any atom is -0.485 e. The van der Waals surface area contributed by atoms with Crippen molar-refractivity contribution in [2.45, 2.75) is 17.0 Å². The third-order valence-electron chi connectivity index (χ3n) is 4.34. The predicted molar refractivity (Wildman–Crippen MR) is 100 cm³/mol. The number of ether oxygens (including phenoxy) is 2. The number of thioether (sulfide) groups is 1. The van der Waals surface area contributed by atoms with Crippen LogP contribution in [0.3, 0.4) is 0 Å². The van der Waals surface area contributed by atoms with Gasteiger partial charge in [-0.25, -0.2) is 0 Å². The molecule has 0 saturated heterocycles.